The maximum atomic E-state index is 11.4. The second kappa shape index (κ2) is 10.8. The predicted molar refractivity (Wildman–Crippen MR) is 90.7 cm³/mol. The van der Waals surface area contributed by atoms with Gasteiger partial charge in [0, 0.05) is 18.9 Å². The van der Waals surface area contributed by atoms with Crippen molar-refractivity contribution in [2.45, 2.75) is 89.4 Å². The van der Waals surface area contributed by atoms with Crippen LogP contribution in [0.15, 0.2) is 0 Å². The lowest BCUT2D eigenvalue weighted by Gasteiger charge is -2.29. The standard InChI is InChI=1S/C19H32O5/c20-14-15-11-12-17(24-19-10-6-7-13-23-19)16(15)8-4-2-1-3-5-9-18(21)22/h14-17,19H,1-13H2,(H,21,22). The Labute approximate surface area is 145 Å². The first-order valence-electron chi connectivity index (χ1n) is 9.65. The molecule has 138 valence electrons. The number of aliphatic carboxylic acids is 1. The SMILES string of the molecule is O=CC1CCC(OC2CCCCO2)C1CCCCCCCC(=O)O. The molecule has 4 unspecified atom stereocenters. The van der Waals surface area contributed by atoms with E-state index in [9.17, 15) is 9.59 Å². The molecule has 0 aromatic carbocycles. The van der Waals surface area contributed by atoms with Crippen molar-refractivity contribution in [3.8, 4) is 0 Å². The minimum atomic E-state index is -0.709. The normalized spacial score (nSPS) is 30.3. The van der Waals surface area contributed by atoms with E-state index in [2.05, 4.69) is 0 Å². The zero-order chi connectivity index (χ0) is 17.2. The van der Waals surface area contributed by atoms with E-state index >= 15 is 0 Å². The van der Waals surface area contributed by atoms with Gasteiger partial charge in [0.2, 0.25) is 0 Å². The molecule has 5 heteroatoms. The molecule has 0 aromatic rings. The first-order chi connectivity index (χ1) is 11.7. The highest BCUT2D eigenvalue weighted by atomic mass is 16.7. The van der Waals surface area contributed by atoms with Gasteiger partial charge in [0.25, 0.3) is 0 Å². The molecule has 0 aromatic heterocycles. The quantitative estimate of drug-likeness (QED) is 0.455. The molecule has 1 heterocycles. The fraction of sp³-hybridized carbons (Fsp3) is 0.895. The Kier molecular flexibility index (Phi) is 8.75. The third-order valence-corrected chi connectivity index (χ3v) is 5.38. The van der Waals surface area contributed by atoms with E-state index in [1.807, 2.05) is 0 Å². The molecule has 1 saturated heterocycles. The van der Waals surface area contributed by atoms with E-state index in [0.29, 0.717) is 5.92 Å². The second-order valence-electron chi connectivity index (χ2n) is 7.21. The molecule has 1 N–H and O–H groups in total. The van der Waals surface area contributed by atoms with E-state index in [4.69, 9.17) is 14.6 Å². The maximum Gasteiger partial charge on any atom is 0.303 e. The highest BCUT2D eigenvalue weighted by Crippen LogP contribution is 2.38. The van der Waals surface area contributed by atoms with Crippen LogP contribution in [0.3, 0.4) is 0 Å². The molecule has 24 heavy (non-hydrogen) atoms. The number of hydrogen-bond donors (Lipinski definition) is 1. The largest absolute Gasteiger partial charge is 0.481 e. The van der Waals surface area contributed by atoms with Gasteiger partial charge < -0.3 is 19.4 Å². The van der Waals surface area contributed by atoms with Gasteiger partial charge in [-0.05, 0) is 50.9 Å². The van der Waals surface area contributed by atoms with E-state index in [0.717, 1.165) is 83.5 Å². The molecule has 0 amide bonds. The summed E-state index contributed by atoms with van der Waals surface area (Å²) in [4.78, 5) is 21.8. The second-order valence-corrected chi connectivity index (χ2v) is 7.21. The monoisotopic (exact) mass is 340 g/mol. The van der Waals surface area contributed by atoms with Gasteiger partial charge in [-0.1, -0.05) is 25.7 Å². The molecule has 2 rings (SSSR count). The van der Waals surface area contributed by atoms with Crippen molar-refractivity contribution in [2.75, 3.05) is 6.61 Å². The highest BCUT2D eigenvalue weighted by Gasteiger charge is 2.37. The molecule has 0 spiro atoms. The Morgan fingerprint density at radius 3 is 2.58 bits per heavy atom. The minimum absolute atomic E-state index is 0.0762. The summed E-state index contributed by atoms with van der Waals surface area (Å²) in [5, 5.41) is 8.62. The van der Waals surface area contributed by atoms with Crippen LogP contribution in [-0.2, 0) is 19.1 Å². The Hall–Kier alpha value is -0.940. The van der Waals surface area contributed by atoms with Gasteiger partial charge >= 0.3 is 5.97 Å². The van der Waals surface area contributed by atoms with E-state index in [1.54, 1.807) is 0 Å². The maximum absolute atomic E-state index is 11.4. The van der Waals surface area contributed by atoms with Crippen LogP contribution in [0.25, 0.3) is 0 Å². The van der Waals surface area contributed by atoms with Crippen molar-refractivity contribution in [3.05, 3.63) is 0 Å². The van der Waals surface area contributed by atoms with Crippen LogP contribution in [0.4, 0.5) is 0 Å². The van der Waals surface area contributed by atoms with Gasteiger partial charge in [-0.3, -0.25) is 4.79 Å². The fourth-order valence-electron chi connectivity index (χ4n) is 4.00. The van der Waals surface area contributed by atoms with Crippen LogP contribution in [0.1, 0.15) is 77.0 Å². The van der Waals surface area contributed by atoms with E-state index in [1.165, 1.54) is 0 Å². The summed E-state index contributed by atoms with van der Waals surface area (Å²) in [6, 6.07) is 0. The highest BCUT2D eigenvalue weighted by molar-refractivity contribution is 5.66. The molecule has 1 aliphatic carbocycles. The van der Waals surface area contributed by atoms with Gasteiger partial charge in [-0.2, -0.15) is 0 Å². The summed E-state index contributed by atoms with van der Waals surface area (Å²) >= 11 is 0. The summed E-state index contributed by atoms with van der Waals surface area (Å²) < 4.78 is 11.9. The average molecular weight is 340 g/mol. The predicted octanol–water partition coefficient (Wildman–Crippen LogP) is 3.94. The van der Waals surface area contributed by atoms with Crippen molar-refractivity contribution in [1.82, 2.24) is 0 Å². The lowest BCUT2D eigenvalue weighted by Crippen LogP contribution is -2.31. The van der Waals surface area contributed by atoms with Crippen LogP contribution >= 0.6 is 0 Å². The van der Waals surface area contributed by atoms with Gasteiger partial charge in [0.15, 0.2) is 6.29 Å². The van der Waals surface area contributed by atoms with Gasteiger partial charge in [0.05, 0.1) is 6.10 Å². The lowest BCUT2D eigenvalue weighted by atomic mass is 9.90. The summed E-state index contributed by atoms with van der Waals surface area (Å²) in [5.41, 5.74) is 0. The van der Waals surface area contributed by atoms with Crippen molar-refractivity contribution in [1.29, 1.82) is 0 Å². The topological polar surface area (TPSA) is 72.8 Å². The van der Waals surface area contributed by atoms with Crippen molar-refractivity contribution < 1.29 is 24.2 Å². The number of hydrogen-bond acceptors (Lipinski definition) is 4. The summed E-state index contributed by atoms with van der Waals surface area (Å²) in [6.07, 6.45) is 12.7. The molecule has 0 radical (unpaired) electrons. The van der Waals surface area contributed by atoms with Crippen LogP contribution < -0.4 is 0 Å². The third-order valence-electron chi connectivity index (χ3n) is 5.38. The van der Waals surface area contributed by atoms with Gasteiger partial charge in [-0.15, -0.1) is 0 Å². The molecule has 5 nitrogen and oxygen atoms in total. The number of carboxylic acid groups (broad SMARTS) is 1. The molecule has 2 fully saturated rings. The molecular formula is C19H32O5. The summed E-state index contributed by atoms with van der Waals surface area (Å²) in [7, 11) is 0. The Morgan fingerprint density at radius 2 is 1.88 bits per heavy atom. The fourth-order valence-corrected chi connectivity index (χ4v) is 4.00. The van der Waals surface area contributed by atoms with Gasteiger partial charge in [-0.25, -0.2) is 0 Å². The number of aldehydes is 1. The van der Waals surface area contributed by atoms with Crippen molar-refractivity contribution in [2.24, 2.45) is 11.8 Å². The molecule has 4 atom stereocenters. The van der Waals surface area contributed by atoms with Crippen LogP contribution in [0.2, 0.25) is 0 Å². The van der Waals surface area contributed by atoms with Crippen molar-refractivity contribution >= 4 is 12.3 Å². The molecule has 1 saturated carbocycles. The van der Waals surface area contributed by atoms with Gasteiger partial charge in [0.1, 0.15) is 6.29 Å². The number of carbonyl (C=O) groups excluding carboxylic acids is 1. The van der Waals surface area contributed by atoms with Crippen LogP contribution in [0.5, 0.6) is 0 Å². The zero-order valence-electron chi connectivity index (χ0n) is 14.7. The third kappa shape index (κ3) is 6.52. The first kappa shape index (κ1) is 19.4. The zero-order valence-corrected chi connectivity index (χ0v) is 14.7. The number of carboxylic acids is 1. The minimum Gasteiger partial charge on any atom is -0.481 e. The Morgan fingerprint density at radius 1 is 1.08 bits per heavy atom. The molecule has 1 aliphatic heterocycles. The smallest absolute Gasteiger partial charge is 0.303 e. The number of carbonyl (C=O) groups is 2. The average Bonchev–Trinajstić information content (AvgIpc) is 2.96. The number of unbranched alkanes of at least 4 members (excludes halogenated alkanes) is 4. The van der Waals surface area contributed by atoms with Crippen molar-refractivity contribution in [3.63, 3.8) is 0 Å². The Balaban J connectivity index is 1.66. The Bertz CT molecular complexity index is 378. The van der Waals surface area contributed by atoms with Crippen LogP contribution in [-0.4, -0.2) is 36.4 Å². The number of ether oxygens (including phenoxy) is 2. The first-order valence-corrected chi connectivity index (χ1v) is 9.65. The summed E-state index contributed by atoms with van der Waals surface area (Å²) in [6.45, 7) is 0.787. The number of rotatable bonds is 11. The van der Waals surface area contributed by atoms with E-state index in [-0.39, 0.29) is 24.7 Å². The van der Waals surface area contributed by atoms with E-state index < -0.39 is 5.97 Å². The lowest BCUT2D eigenvalue weighted by molar-refractivity contribution is -0.196. The van der Waals surface area contributed by atoms with Crippen LogP contribution in [0, 0.1) is 11.8 Å². The molecular weight excluding hydrogens is 308 g/mol. The summed E-state index contributed by atoms with van der Waals surface area (Å²) in [5.74, 6) is -0.252. The molecule has 0 bridgehead atoms. The molecule has 2 aliphatic rings.